The van der Waals surface area contributed by atoms with Gasteiger partial charge in [-0.15, -0.1) is 11.3 Å². The summed E-state index contributed by atoms with van der Waals surface area (Å²) in [5.41, 5.74) is 5.17. The maximum absolute atomic E-state index is 13.2. The Morgan fingerprint density at radius 1 is 1.03 bits per heavy atom. The third-order valence-electron chi connectivity index (χ3n) is 4.88. The molecule has 0 saturated carbocycles. The van der Waals surface area contributed by atoms with Crippen LogP contribution >= 0.6 is 23.1 Å². The number of para-hydroxylation sites is 2. The van der Waals surface area contributed by atoms with Crippen LogP contribution in [0.2, 0.25) is 0 Å². The molecular weight excluding hydrogens is 414 g/mol. The first-order valence-corrected chi connectivity index (χ1v) is 11.4. The van der Waals surface area contributed by atoms with E-state index in [2.05, 4.69) is 10.3 Å². The maximum Gasteiger partial charge on any atom is 0.276 e. The fraction of sp³-hybridized carbons (Fsp3) is 0.174. The number of fused-ring (bicyclic) bond motifs is 1. The second-order valence-corrected chi connectivity index (χ2v) is 8.92. The number of rotatable bonds is 5. The minimum Gasteiger partial charge on any atom is -0.325 e. The first-order chi connectivity index (χ1) is 14.5. The number of aromatic nitrogens is 2. The van der Waals surface area contributed by atoms with Crippen molar-refractivity contribution in [3.63, 3.8) is 0 Å². The third kappa shape index (κ3) is 3.91. The molecule has 0 bridgehead atoms. The molecular formula is C23H21N3O2S2. The van der Waals surface area contributed by atoms with Gasteiger partial charge in [-0.2, -0.15) is 0 Å². The Morgan fingerprint density at radius 2 is 1.73 bits per heavy atom. The monoisotopic (exact) mass is 435 g/mol. The van der Waals surface area contributed by atoms with E-state index < -0.39 is 0 Å². The van der Waals surface area contributed by atoms with Gasteiger partial charge in [0.1, 0.15) is 4.70 Å². The number of thiophene rings is 1. The highest BCUT2D eigenvalue weighted by atomic mass is 32.2. The number of anilines is 1. The number of carbonyl (C=O) groups is 1. The minimum absolute atomic E-state index is 0.109. The fourth-order valence-corrected chi connectivity index (χ4v) is 4.90. The van der Waals surface area contributed by atoms with Crippen molar-refractivity contribution < 1.29 is 4.79 Å². The van der Waals surface area contributed by atoms with Gasteiger partial charge >= 0.3 is 0 Å². The van der Waals surface area contributed by atoms with Crippen molar-refractivity contribution in [2.45, 2.75) is 25.9 Å². The summed E-state index contributed by atoms with van der Waals surface area (Å²) in [6, 6.07) is 15.4. The quantitative estimate of drug-likeness (QED) is 0.350. The summed E-state index contributed by atoms with van der Waals surface area (Å²) in [5, 5.41) is 5.37. The number of nitrogens with one attached hydrogen (secondary N) is 1. The molecule has 0 radical (unpaired) electrons. The van der Waals surface area contributed by atoms with Crippen LogP contribution in [-0.2, 0) is 4.79 Å². The Hall–Kier alpha value is -2.90. The first kappa shape index (κ1) is 20.4. The topological polar surface area (TPSA) is 64.0 Å². The summed E-state index contributed by atoms with van der Waals surface area (Å²) in [6.45, 7) is 5.90. The molecule has 1 amide bonds. The van der Waals surface area contributed by atoms with Gasteiger partial charge in [-0.25, -0.2) is 4.98 Å². The fourth-order valence-electron chi connectivity index (χ4n) is 3.33. The molecule has 4 aromatic rings. The van der Waals surface area contributed by atoms with Crippen molar-refractivity contribution >= 4 is 44.9 Å². The third-order valence-corrected chi connectivity index (χ3v) is 6.71. The minimum atomic E-state index is -0.131. The van der Waals surface area contributed by atoms with E-state index in [0.29, 0.717) is 15.4 Å². The molecule has 0 aliphatic rings. The Labute approximate surface area is 182 Å². The average molecular weight is 436 g/mol. The lowest BCUT2D eigenvalue weighted by Gasteiger charge is -2.15. The van der Waals surface area contributed by atoms with Gasteiger partial charge in [-0.3, -0.25) is 14.2 Å². The summed E-state index contributed by atoms with van der Waals surface area (Å²) < 4.78 is 2.23. The highest BCUT2D eigenvalue weighted by Gasteiger charge is 2.17. The second kappa shape index (κ2) is 8.45. The van der Waals surface area contributed by atoms with Gasteiger partial charge in [0.15, 0.2) is 5.16 Å². The van der Waals surface area contributed by atoms with E-state index in [1.54, 1.807) is 4.57 Å². The van der Waals surface area contributed by atoms with E-state index in [9.17, 15) is 9.59 Å². The van der Waals surface area contributed by atoms with E-state index in [4.69, 9.17) is 0 Å². The maximum atomic E-state index is 13.2. The van der Waals surface area contributed by atoms with Crippen molar-refractivity contribution in [3.05, 3.63) is 81.0 Å². The Balaban J connectivity index is 1.67. The lowest BCUT2D eigenvalue weighted by Crippen LogP contribution is -2.23. The Bertz CT molecular complexity index is 1290. The van der Waals surface area contributed by atoms with Crippen LogP contribution in [0.1, 0.15) is 16.7 Å². The SMILES string of the molecule is Cc1ccccc1-n1c(SCC(=O)Nc2c(C)cccc2C)nc2ccsc2c1=O. The number of nitrogens with zero attached hydrogens (tertiary/aromatic N) is 2. The normalized spacial score (nSPS) is 11.0. The molecule has 7 heteroatoms. The molecule has 0 unspecified atom stereocenters. The molecule has 0 spiro atoms. The van der Waals surface area contributed by atoms with Crippen LogP contribution in [0.4, 0.5) is 5.69 Å². The van der Waals surface area contributed by atoms with Crippen molar-refractivity contribution in [2.24, 2.45) is 0 Å². The molecule has 30 heavy (non-hydrogen) atoms. The number of benzene rings is 2. The first-order valence-electron chi connectivity index (χ1n) is 9.51. The van der Waals surface area contributed by atoms with Crippen LogP contribution in [0.3, 0.4) is 0 Å². The van der Waals surface area contributed by atoms with Crippen molar-refractivity contribution in [1.29, 1.82) is 0 Å². The summed E-state index contributed by atoms with van der Waals surface area (Å²) in [4.78, 5) is 30.5. The summed E-state index contributed by atoms with van der Waals surface area (Å²) >= 11 is 2.65. The molecule has 2 aromatic carbocycles. The smallest absolute Gasteiger partial charge is 0.276 e. The Kier molecular flexibility index (Phi) is 5.74. The van der Waals surface area contributed by atoms with E-state index >= 15 is 0 Å². The largest absolute Gasteiger partial charge is 0.325 e. The molecule has 0 atom stereocenters. The number of carbonyl (C=O) groups excluding carboxylic acids is 1. The molecule has 2 aromatic heterocycles. The Morgan fingerprint density at radius 3 is 2.47 bits per heavy atom. The predicted molar refractivity (Wildman–Crippen MR) is 125 cm³/mol. The standard InChI is InChI=1S/C23H21N3O2S2/c1-14-7-4-5-10-18(14)26-22(28)21-17(11-12-29-21)24-23(26)30-13-19(27)25-20-15(2)8-6-9-16(20)3/h4-12H,13H2,1-3H3,(H,25,27). The predicted octanol–water partition coefficient (Wildman–Crippen LogP) is 5.10. The lowest BCUT2D eigenvalue weighted by molar-refractivity contribution is -0.113. The van der Waals surface area contributed by atoms with Crippen LogP contribution in [0.15, 0.2) is 63.9 Å². The van der Waals surface area contributed by atoms with Crippen LogP contribution in [-0.4, -0.2) is 21.2 Å². The molecule has 1 N–H and O–H groups in total. The van der Waals surface area contributed by atoms with Crippen LogP contribution in [0.25, 0.3) is 15.9 Å². The molecule has 0 aliphatic carbocycles. The summed E-state index contributed by atoms with van der Waals surface area (Å²) in [5.74, 6) is 0.0234. The highest BCUT2D eigenvalue weighted by Crippen LogP contribution is 2.26. The molecule has 0 saturated heterocycles. The summed E-state index contributed by atoms with van der Waals surface area (Å²) in [7, 11) is 0. The van der Waals surface area contributed by atoms with Gasteiger partial charge in [0.25, 0.3) is 5.56 Å². The number of hydrogen-bond acceptors (Lipinski definition) is 5. The van der Waals surface area contributed by atoms with E-state index in [1.807, 2.05) is 74.7 Å². The zero-order chi connectivity index (χ0) is 21.3. The van der Waals surface area contributed by atoms with Gasteiger partial charge in [0.05, 0.1) is 17.0 Å². The van der Waals surface area contributed by atoms with Gasteiger partial charge in [0.2, 0.25) is 5.91 Å². The molecule has 2 heterocycles. The highest BCUT2D eigenvalue weighted by molar-refractivity contribution is 7.99. The second-order valence-electron chi connectivity index (χ2n) is 7.06. The molecule has 0 fully saturated rings. The van der Waals surface area contributed by atoms with Gasteiger partial charge in [0, 0.05) is 5.69 Å². The molecule has 5 nitrogen and oxygen atoms in total. The van der Waals surface area contributed by atoms with Gasteiger partial charge in [-0.1, -0.05) is 48.2 Å². The number of hydrogen-bond donors (Lipinski definition) is 1. The van der Waals surface area contributed by atoms with Crippen molar-refractivity contribution in [2.75, 3.05) is 11.1 Å². The number of aryl methyl sites for hydroxylation is 3. The van der Waals surface area contributed by atoms with E-state index in [0.717, 1.165) is 28.1 Å². The van der Waals surface area contributed by atoms with Gasteiger partial charge in [-0.05, 0) is 55.0 Å². The molecule has 0 aliphatic heterocycles. The average Bonchev–Trinajstić information content (AvgIpc) is 3.19. The van der Waals surface area contributed by atoms with Crippen LogP contribution < -0.4 is 10.9 Å². The van der Waals surface area contributed by atoms with E-state index in [1.165, 1.54) is 23.1 Å². The van der Waals surface area contributed by atoms with Crippen LogP contribution in [0.5, 0.6) is 0 Å². The van der Waals surface area contributed by atoms with Crippen molar-refractivity contribution in [3.8, 4) is 5.69 Å². The lowest BCUT2D eigenvalue weighted by atomic mass is 10.1. The summed E-state index contributed by atoms with van der Waals surface area (Å²) in [6.07, 6.45) is 0. The zero-order valence-corrected chi connectivity index (χ0v) is 18.6. The van der Waals surface area contributed by atoms with Gasteiger partial charge < -0.3 is 5.32 Å². The molecule has 152 valence electrons. The van der Waals surface area contributed by atoms with Crippen molar-refractivity contribution in [1.82, 2.24) is 9.55 Å². The van der Waals surface area contributed by atoms with E-state index in [-0.39, 0.29) is 17.2 Å². The molecule has 4 rings (SSSR count). The zero-order valence-electron chi connectivity index (χ0n) is 16.9. The number of amides is 1. The number of thioether (sulfide) groups is 1. The van der Waals surface area contributed by atoms with Crippen LogP contribution in [0, 0.1) is 20.8 Å².